The lowest BCUT2D eigenvalue weighted by molar-refractivity contribution is 0.0818. The first kappa shape index (κ1) is 23.0. The van der Waals surface area contributed by atoms with Gasteiger partial charge in [0.1, 0.15) is 0 Å². The average molecular weight is 437 g/mol. The molecule has 0 heterocycles. The maximum absolute atomic E-state index is 3.16. The Kier molecular flexibility index (Phi) is 8.39. The van der Waals surface area contributed by atoms with Crippen LogP contribution in [0.25, 0.3) is 0 Å². The van der Waals surface area contributed by atoms with Gasteiger partial charge in [-0.15, -0.1) is 9.24 Å². The first-order chi connectivity index (χ1) is 14.0. The van der Waals surface area contributed by atoms with Crippen LogP contribution >= 0.6 is 21.0 Å². The Morgan fingerprint density at radius 3 is 1.17 bits per heavy atom. The number of thioether (sulfide) groups is 1. The molecule has 0 amide bonds. The summed E-state index contributed by atoms with van der Waals surface area (Å²) in [5, 5.41) is 0.981. The van der Waals surface area contributed by atoms with Crippen molar-refractivity contribution in [2.75, 3.05) is 6.26 Å². The fourth-order valence-electron chi connectivity index (χ4n) is 8.28. The number of hydrogen-bond acceptors (Lipinski definition) is 1. The molecule has 3 unspecified atom stereocenters. The van der Waals surface area contributed by atoms with E-state index in [1.165, 1.54) is 25.7 Å². The van der Waals surface area contributed by atoms with E-state index < -0.39 is 0 Å². The molecule has 0 radical (unpaired) electrons. The van der Waals surface area contributed by atoms with Crippen LogP contribution in [0, 0.1) is 47.3 Å². The van der Waals surface area contributed by atoms with E-state index in [1.807, 2.05) is 0 Å². The van der Waals surface area contributed by atoms with Gasteiger partial charge in [0.25, 0.3) is 0 Å². The quantitative estimate of drug-likeness (QED) is 0.398. The summed E-state index contributed by atoms with van der Waals surface area (Å²) < 4.78 is 0. The molecule has 3 atom stereocenters. The smallest absolute Gasteiger partial charge is 0.00444 e. The Hall–Kier alpha value is 0.780. The monoisotopic (exact) mass is 436 g/mol. The third-order valence-corrected chi connectivity index (χ3v) is 12.8. The van der Waals surface area contributed by atoms with Crippen molar-refractivity contribution in [2.45, 2.75) is 115 Å². The molecule has 29 heavy (non-hydrogen) atoms. The fraction of sp³-hybridized carbons (Fsp3) is 1.00. The Morgan fingerprint density at radius 2 is 0.828 bits per heavy atom. The highest BCUT2D eigenvalue weighted by atomic mass is 32.2. The van der Waals surface area contributed by atoms with Crippen LogP contribution in [0.15, 0.2) is 0 Å². The number of rotatable bonds is 4. The number of hydrogen-bond donors (Lipinski definition) is 0. The minimum absolute atomic E-state index is 0.869. The van der Waals surface area contributed by atoms with E-state index in [0.717, 1.165) is 58.3 Å². The van der Waals surface area contributed by atoms with Crippen LogP contribution in [-0.2, 0) is 0 Å². The van der Waals surface area contributed by atoms with Gasteiger partial charge in [0.15, 0.2) is 0 Å². The molecule has 0 nitrogen and oxygen atoms in total. The highest BCUT2D eigenvalue weighted by molar-refractivity contribution is 7.99. The van der Waals surface area contributed by atoms with Crippen LogP contribution in [0.5, 0.6) is 0 Å². The highest BCUT2D eigenvalue weighted by Gasteiger charge is 2.38. The lowest BCUT2D eigenvalue weighted by Gasteiger charge is -2.45. The SMILES string of the molecule is CSC1CCC(C2CCC(C3CCC(C4CC(C)C(P)C(C)C4)CC3)CC2)CC1. The van der Waals surface area contributed by atoms with Crippen LogP contribution in [0.2, 0.25) is 0 Å². The van der Waals surface area contributed by atoms with Crippen molar-refractivity contribution >= 4 is 21.0 Å². The molecule has 0 saturated heterocycles. The van der Waals surface area contributed by atoms with Crippen LogP contribution in [0.3, 0.4) is 0 Å². The molecule has 0 bridgehead atoms. The molecule has 0 aliphatic heterocycles. The van der Waals surface area contributed by atoms with E-state index in [1.54, 1.807) is 64.2 Å². The third-order valence-electron chi connectivity index (χ3n) is 10.3. The van der Waals surface area contributed by atoms with Gasteiger partial charge in [-0.3, -0.25) is 0 Å². The Morgan fingerprint density at radius 1 is 0.517 bits per heavy atom. The Balaban J connectivity index is 1.19. The van der Waals surface area contributed by atoms with Crippen molar-refractivity contribution in [2.24, 2.45) is 47.3 Å². The molecule has 4 saturated carbocycles. The van der Waals surface area contributed by atoms with Gasteiger partial charge >= 0.3 is 0 Å². The second-order valence-electron chi connectivity index (χ2n) is 11.9. The normalized spacial score (nSPS) is 49.7. The minimum atomic E-state index is 0.869. The molecule has 0 aromatic heterocycles. The van der Waals surface area contributed by atoms with Gasteiger partial charge in [0.05, 0.1) is 0 Å². The predicted molar refractivity (Wildman–Crippen MR) is 135 cm³/mol. The molecule has 0 aromatic carbocycles. The van der Waals surface area contributed by atoms with Gasteiger partial charge in [-0.05, 0) is 149 Å². The van der Waals surface area contributed by atoms with E-state index in [9.17, 15) is 0 Å². The van der Waals surface area contributed by atoms with Crippen LogP contribution in [0.4, 0.5) is 0 Å². The van der Waals surface area contributed by atoms with Crippen molar-refractivity contribution in [3.63, 3.8) is 0 Å². The average Bonchev–Trinajstić information content (AvgIpc) is 2.77. The van der Waals surface area contributed by atoms with Crippen molar-refractivity contribution in [1.82, 2.24) is 0 Å². The summed E-state index contributed by atoms with van der Waals surface area (Å²) in [6.07, 6.45) is 24.0. The maximum Gasteiger partial charge on any atom is 0.00444 e. The Labute approximate surface area is 189 Å². The van der Waals surface area contributed by atoms with Crippen LogP contribution in [-0.4, -0.2) is 17.2 Å². The Bertz CT molecular complexity index is 471. The van der Waals surface area contributed by atoms with Crippen LogP contribution < -0.4 is 0 Å². The van der Waals surface area contributed by atoms with E-state index in [2.05, 4.69) is 41.1 Å². The van der Waals surface area contributed by atoms with Gasteiger partial charge < -0.3 is 0 Å². The van der Waals surface area contributed by atoms with Crippen molar-refractivity contribution in [3.8, 4) is 0 Å². The van der Waals surface area contributed by atoms with Gasteiger partial charge in [-0.25, -0.2) is 0 Å². The first-order valence-electron chi connectivity index (χ1n) is 13.3. The molecule has 168 valence electrons. The molecular formula is C27H49PS. The molecule has 4 rings (SSSR count). The largest absolute Gasteiger partial charge is 0.162 e. The van der Waals surface area contributed by atoms with E-state index >= 15 is 0 Å². The molecule has 4 fully saturated rings. The van der Waals surface area contributed by atoms with Crippen molar-refractivity contribution in [1.29, 1.82) is 0 Å². The lowest BCUT2D eigenvalue weighted by atomic mass is 9.62. The topological polar surface area (TPSA) is 0 Å². The van der Waals surface area contributed by atoms with Crippen LogP contribution in [0.1, 0.15) is 104 Å². The summed E-state index contributed by atoms with van der Waals surface area (Å²) in [5.74, 6) is 8.33. The van der Waals surface area contributed by atoms with E-state index in [4.69, 9.17) is 0 Å². The van der Waals surface area contributed by atoms with Gasteiger partial charge in [-0.1, -0.05) is 13.8 Å². The molecule has 0 aromatic rings. The van der Waals surface area contributed by atoms with E-state index in [0.29, 0.717) is 0 Å². The van der Waals surface area contributed by atoms with Gasteiger partial charge in [0, 0.05) is 5.25 Å². The molecule has 2 heteroatoms. The molecule has 0 N–H and O–H groups in total. The molecule has 4 aliphatic rings. The predicted octanol–water partition coefficient (Wildman–Crippen LogP) is 8.45. The van der Waals surface area contributed by atoms with Crippen molar-refractivity contribution < 1.29 is 0 Å². The van der Waals surface area contributed by atoms with E-state index in [-0.39, 0.29) is 0 Å². The summed E-state index contributed by atoms with van der Waals surface area (Å²) in [6, 6.07) is 0. The highest BCUT2D eigenvalue weighted by Crippen LogP contribution is 2.49. The minimum Gasteiger partial charge on any atom is -0.162 e. The standard InChI is InChI=1S/C27H49PS/c1-18-16-25(17-19(2)27(18)28)24-10-8-21(9-11-24)20-4-6-22(7-5-20)23-12-14-26(29-3)15-13-23/h18-27H,4-17,28H2,1-3H3. The maximum atomic E-state index is 3.16. The van der Waals surface area contributed by atoms with Gasteiger partial charge in [-0.2, -0.15) is 11.8 Å². The summed E-state index contributed by atoms with van der Waals surface area (Å²) >= 11 is 2.12. The summed E-state index contributed by atoms with van der Waals surface area (Å²) in [5.41, 5.74) is 0.869. The van der Waals surface area contributed by atoms with Gasteiger partial charge in [0.2, 0.25) is 0 Å². The first-order valence-corrected chi connectivity index (χ1v) is 15.3. The fourth-order valence-corrected chi connectivity index (χ4v) is 9.34. The molecular weight excluding hydrogens is 387 g/mol. The zero-order chi connectivity index (χ0) is 20.4. The zero-order valence-electron chi connectivity index (χ0n) is 19.7. The molecule has 0 spiro atoms. The molecule has 4 aliphatic carbocycles. The second kappa shape index (κ2) is 10.6. The zero-order valence-corrected chi connectivity index (χ0v) is 21.6. The third kappa shape index (κ3) is 5.59. The van der Waals surface area contributed by atoms with Crippen molar-refractivity contribution in [3.05, 3.63) is 0 Å². The lowest BCUT2D eigenvalue weighted by Crippen LogP contribution is -2.36. The summed E-state index contributed by atoms with van der Waals surface area (Å²) in [6.45, 7) is 5.02. The summed E-state index contributed by atoms with van der Waals surface area (Å²) in [4.78, 5) is 0. The summed E-state index contributed by atoms with van der Waals surface area (Å²) in [7, 11) is 3.16. The second-order valence-corrected chi connectivity index (χ2v) is 13.8.